The largest absolute Gasteiger partial charge is 0.323 e. The van der Waals surface area contributed by atoms with Crippen LogP contribution in [-0.4, -0.2) is 15.7 Å². The molecule has 1 amide bonds. The minimum absolute atomic E-state index is 0.151. The molecule has 0 saturated carbocycles. The molecule has 0 aliphatic carbocycles. The molecule has 1 aromatic carbocycles. The van der Waals surface area contributed by atoms with Crippen LogP contribution in [0.5, 0.6) is 0 Å². The number of anilines is 1. The SMILES string of the molecule is Cc1cc(C)n(CC(=O)Nc2ccc(Cl)cc2Cl)n1. The van der Waals surface area contributed by atoms with Crippen LogP contribution in [-0.2, 0) is 11.3 Å². The highest BCUT2D eigenvalue weighted by atomic mass is 35.5. The van der Waals surface area contributed by atoms with E-state index in [1.54, 1.807) is 22.9 Å². The lowest BCUT2D eigenvalue weighted by molar-refractivity contribution is -0.116. The summed E-state index contributed by atoms with van der Waals surface area (Å²) in [4.78, 5) is 11.9. The molecule has 0 radical (unpaired) electrons. The van der Waals surface area contributed by atoms with Gasteiger partial charge in [-0.05, 0) is 38.1 Å². The summed E-state index contributed by atoms with van der Waals surface area (Å²) in [7, 11) is 0. The molecule has 1 heterocycles. The van der Waals surface area contributed by atoms with E-state index < -0.39 is 0 Å². The number of rotatable bonds is 3. The zero-order valence-electron chi connectivity index (χ0n) is 10.6. The van der Waals surface area contributed by atoms with Gasteiger partial charge in [0, 0.05) is 10.7 Å². The van der Waals surface area contributed by atoms with Crippen LogP contribution in [0.15, 0.2) is 24.3 Å². The highest BCUT2D eigenvalue weighted by molar-refractivity contribution is 6.36. The minimum atomic E-state index is -0.185. The van der Waals surface area contributed by atoms with Crippen molar-refractivity contribution in [3.05, 3.63) is 45.7 Å². The molecule has 4 nitrogen and oxygen atoms in total. The van der Waals surface area contributed by atoms with Gasteiger partial charge in [-0.2, -0.15) is 5.10 Å². The molecule has 19 heavy (non-hydrogen) atoms. The average Bonchev–Trinajstić information content (AvgIpc) is 2.61. The number of carbonyl (C=O) groups is 1. The van der Waals surface area contributed by atoms with Gasteiger partial charge in [0.05, 0.1) is 16.4 Å². The Hall–Kier alpha value is -1.52. The zero-order valence-corrected chi connectivity index (χ0v) is 12.1. The van der Waals surface area contributed by atoms with E-state index in [2.05, 4.69) is 10.4 Å². The van der Waals surface area contributed by atoms with Crippen molar-refractivity contribution in [2.24, 2.45) is 0 Å². The van der Waals surface area contributed by atoms with Crippen molar-refractivity contribution in [3.8, 4) is 0 Å². The van der Waals surface area contributed by atoms with Gasteiger partial charge in [-0.15, -0.1) is 0 Å². The molecule has 1 aromatic heterocycles. The molecule has 0 aliphatic rings. The van der Waals surface area contributed by atoms with Crippen LogP contribution < -0.4 is 5.32 Å². The fourth-order valence-corrected chi connectivity index (χ4v) is 2.21. The van der Waals surface area contributed by atoms with Crippen molar-refractivity contribution >= 4 is 34.8 Å². The molecule has 0 atom stereocenters. The third kappa shape index (κ3) is 3.49. The number of nitrogens with one attached hydrogen (secondary N) is 1. The number of amides is 1. The van der Waals surface area contributed by atoms with E-state index in [9.17, 15) is 4.79 Å². The van der Waals surface area contributed by atoms with Crippen LogP contribution in [0.2, 0.25) is 10.0 Å². The monoisotopic (exact) mass is 297 g/mol. The first-order valence-electron chi connectivity index (χ1n) is 5.71. The summed E-state index contributed by atoms with van der Waals surface area (Å²) < 4.78 is 1.65. The molecular weight excluding hydrogens is 285 g/mol. The minimum Gasteiger partial charge on any atom is -0.323 e. The highest BCUT2D eigenvalue weighted by Gasteiger charge is 2.09. The van der Waals surface area contributed by atoms with E-state index in [0.717, 1.165) is 11.4 Å². The Labute approximate surface area is 121 Å². The van der Waals surface area contributed by atoms with Crippen molar-refractivity contribution in [1.82, 2.24) is 9.78 Å². The predicted octanol–water partition coefficient (Wildman–Crippen LogP) is 3.45. The van der Waals surface area contributed by atoms with Crippen molar-refractivity contribution in [2.45, 2.75) is 20.4 Å². The maximum atomic E-state index is 11.9. The Morgan fingerprint density at radius 2 is 2.05 bits per heavy atom. The fourth-order valence-electron chi connectivity index (χ4n) is 1.75. The van der Waals surface area contributed by atoms with Gasteiger partial charge >= 0.3 is 0 Å². The van der Waals surface area contributed by atoms with Crippen LogP contribution in [0.1, 0.15) is 11.4 Å². The fraction of sp³-hybridized carbons (Fsp3) is 0.231. The molecular formula is C13H13Cl2N3O. The average molecular weight is 298 g/mol. The lowest BCUT2D eigenvalue weighted by Crippen LogP contribution is -2.20. The van der Waals surface area contributed by atoms with Gasteiger partial charge in [-0.3, -0.25) is 9.48 Å². The molecule has 0 unspecified atom stereocenters. The van der Waals surface area contributed by atoms with Crippen LogP contribution >= 0.6 is 23.2 Å². The zero-order chi connectivity index (χ0) is 14.0. The molecule has 1 N–H and O–H groups in total. The molecule has 100 valence electrons. The van der Waals surface area contributed by atoms with Crippen molar-refractivity contribution < 1.29 is 4.79 Å². The number of carbonyl (C=O) groups excluding carboxylic acids is 1. The first kappa shape index (κ1) is 13.9. The van der Waals surface area contributed by atoms with Gasteiger partial charge in [-0.25, -0.2) is 0 Å². The maximum absolute atomic E-state index is 11.9. The Balaban J connectivity index is 2.07. The van der Waals surface area contributed by atoms with Gasteiger partial charge in [0.15, 0.2) is 0 Å². The normalized spacial score (nSPS) is 10.5. The first-order valence-corrected chi connectivity index (χ1v) is 6.47. The lowest BCUT2D eigenvalue weighted by Gasteiger charge is -2.08. The second kappa shape index (κ2) is 5.63. The number of benzene rings is 1. The molecule has 0 spiro atoms. The standard InChI is InChI=1S/C13H13Cl2N3O/c1-8-5-9(2)18(17-8)7-13(19)16-12-4-3-10(14)6-11(12)15/h3-6H,7H2,1-2H3,(H,16,19). The number of nitrogens with zero attached hydrogens (tertiary/aromatic N) is 2. The number of aryl methyl sites for hydroxylation is 2. The Morgan fingerprint density at radius 1 is 1.32 bits per heavy atom. The van der Waals surface area contributed by atoms with Crippen LogP contribution in [0, 0.1) is 13.8 Å². The number of hydrogen-bond donors (Lipinski definition) is 1. The molecule has 2 aromatic rings. The summed E-state index contributed by atoms with van der Waals surface area (Å²) >= 11 is 11.8. The van der Waals surface area contributed by atoms with Crippen LogP contribution in [0.4, 0.5) is 5.69 Å². The summed E-state index contributed by atoms with van der Waals surface area (Å²) in [6.45, 7) is 3.94. The third-order valence-electron chi connectivity index (χ3n) is 2.60. The van der Waals surface area contributed by atoms with E-state index in [-0.39, 0.29) is 12.5 Å². The summed E-state index contributed by atoms with van der Waals surface area (Å²) in [6, 6.07) is 6.85. The second-order valence-corrected chi connectivity index (χ2v) is 5.10. The third-order valence-corrected chi connectivity index (χ3v) is 3.15. The van der Waals surface area contributed by atoms with Crippen molar-refractivity contribution in [1.29, 1.82) is 0 Å². The quantitative estimate of drug-likeness (QED) is 0.943. The topological polar surface area (TPSA) is 46.9 Å². The van der Waals surface area contributed by atoms with Crippen LogP contribution in [0.25, 0.3) is 0 Å². The Kier molecular flexibility index (Phi) is 4.12. The number of hydrogen-bond acceptors (Lipinski definition) is 2. The Bertz CT molecular complexity index is 622. The van der Waals surface area contributed by atoms with E-state index in [1.807, 2.05) is 19.9 Å². The molecule has 0 fully saturated rings. The van der Waals surface area contributed by atoms with Gasteiger partial charge in [0.25, 0.3) is 0 Å². The van der Waals surface area contributed by atoms with Gasteiger partial charge in [0.1, 0.15) is 6.54 Å². The lowest BCUT2D eigenvalue weighted by atomic mass is 10.3. The summed E-state index contributed by atoms with van der Waals surface area (Å²) in [5.74, 6) is -0.185. The van der Waals surface area contributed by atoms with E-state index in [0.29, 0.717) is 15.7 Å². The number of aromatic nitrogens is 2. The van der Waals surface area contributed by atoms with Gasteiger partial charge in [0.2, 0.25) is 5.91 Å². The first-order chi connectivity index (χ1) is 8.95. The van der Waals surface area contributed by atoms with Crippen molar-refractivity contribution in [3.63, 3.8) is 0 Å². The smallest absolute Gasteiger partial charge is 0.246 e. The Morgan fingerprint density at radius 3 is 2.63 bits per heavy atom. The molecule has 0 saturated heterocycles. The highest BCUT2D eigenvalue weighted by Crippen LogP contribution is 2.25. The molecule has 2 rings (SSSR count). The van der Waals surface area contributed by atoms with E-state index in [1.165, 1.54) is 0 Å². The van der Waals surface area contributed by atoms with Crippen molar-refractivity contribution in [2.75, 3.05) is 5.32 Å². The summed E-state index contributed by atoms with van der Waals surface area (Å²) in [6.07, 6.45) is 0. The van der Waals surface area contributed by atoms with Gasteiger partial charge < -0.3 is 5.32 Å². The van der Waals surface area contributed by atoms with Crippen LogP contribution in [0.3, 0.4) is 0 Å². The molecule has 0 aliphatic heterocycles. The van der Waals surface area contributed by atoms with E-state index in [4.69, 9.17) is 23.2 Å². The van der Waals surface area contributed by atoms with E-state index >= 15 is 0 Å². The second-order valence-electron chi connectivity index (χ2n) is 4.26. The maximum Gasteiger partial charge on any atom is 0.246 e. The summed E-state index contributed by atoms with van der Waals surface area (Å²) in [5.41, 5.74) is 2.36. The van der Waals surface area contributed by atoms with Gasteiger partial charge in [-0.1, -0.05) is 23.2 Å². The summed E-state index contributed by atoms with van der Waals surface area (Å²) in [5, 5.41) is 7.90. The molecule has 6 heteroatoms. The number of halogens is 2. The predicted molar refractivity (Wildman–Crippen MR) is 76.8 cm³/mol. The molecule has 0 bridgehead atoms.